The van der Waals surface area contributed by atoms with Gasteiger partial charge in [-0.05, 0) is 32.3 Å². The second kappa shape index (κ2) is 9.19. The van der Waals surface area contributed by atoms with Crippen molar-refractivity contribution in [2.24, 2.45) is 0 Å². The van der Waals surface area contributed by atoms with E-state index in [0.717, 1.165) is 16.8 Å². The normalized spacial score (nSPS) is 19.5. The summed E-state index contributed by atoms with van der Waals surface area (Å²) in [7, 11) is 0. The Hall–Kier alpha value is -3.24. The molecule has 0 N–H and O–H groups in total. The van der Waals surface area contributed by atoms with Crippen LogP contribution in [-0.4, -0.2) is 52.9 Å². The van der Waals surface area contributed by atoms with Crippen LogP contribution in [0.2, 0.25) is 0 Å². The summed E-state index contributed by atoms with van der Waals surface area (Å²) < 4.78 is 6.04. The smallest absolute Gasteiger partial charge is 0.295 e. The van der Waals surface area contributed by atoms with Crippen molar-refractivity contribution in [1.29, 1.82) is 5.26 Å². The quantitative estimate of drug-likeness (QED) is 0.509. The fraction of sp³-hybridized carbons (Fsp3) is 0.481. The Bertz CT molecular complexity index is 1150. The van der Waals surface area contributed by atoms with Gasteiger partial charge in [-0.1, -0.05) is 44.2 Å². The molecule has 178 valence electrons. The maximum absolute atomic E-state index is 13.0. The van der Waals surface area contributed by atoms with Gasteiger partial charge in [-0.15, -0.1) is 0 Å². The standard InChI is InChI=1S/C27H32N4O3/c1-17(2)23-22-16-34-27(4,5)13-20(22)21(14-28)25(29-23)30-11-12-31(18(3)15-30)26(33)24(32)19-9-7-6-8-10-19/h6-10,17-18H,11-13,15-16H2,1-5H3. The molecule has 0 bridgehead atoms. The van der Waals surface area contributed by atoms with Crippen molar-refractivity contribution in [3.05, 3.63) is 58.3 Å². The summed E-state index contributed by atoms with van der Waals surface area (Å²) in [5, 5.41) is 10.1. The summed E-state index contributed by atoms with van der Waals surface area (Å²) in [6.07, 6.45) is 0.653. The molecule has 4 rings (SSSR count). The number of hydrogen-bond acceptors (Lipinski definition) is 6. The summed E-state index contributed by atoms with van der Waals surface area (Å²) in [6, 6.07) is 10.9. The van der Waals surface area contributed by atoms with Crippen LogP contribution in [0.5, 0.6) is 0 Å². The molecule has 7 heteroatoms. The monoisotopic (exact) mass is 460 g/mol. The van der Waals surface area contributed by atoms with E-state index in [0.29, 0.717) is 49.6 Å². The number of aromatic nitrogens is 1. The SMILES string of the molecule is CC(C)c1nc(N2CCN(C(=O)C(=O)c3ccccc3)C(C)C2)c(C#N)c2c1COC(C)(C)C2. The Morgan fingerprint density at radius 2 is 1.88 bits per heavy atom. The van der Waals surface area contributed by atoms with E-state index in [2.05, 4.69) is 24.8 Å². The first kappa shape index (κ1) is 23.9. The molecule has 34 heavy (non-hydrogen) atoms. The van der Waals surface area contributed by atoms with Crippen molar-refractivity contribution >= 4 is 17.5 Å². The summed E-state index contributed by atoms with van der Waals surface area (Å²) in [5.74, 6) is -0.112. The van der Waals surface area contributed by atoms with Crippen LogP contribution in [-0.2, 0) is 22.6 Å². The van der Waals surface area contributed by atoms with Crippen LogP contribution in [0.3, 0.4) is 0 Å². The number of hydrogen-bond donors (Lipinski definition) is 0. The number of ether oxygens (including phenoxy) is 1. The van der Waals surface area contributed by atoms with E-state index in [1.165, 1.54) is 0 Å². The predicted octanol–water partition coefficient (Wildman–Crippen LogP) is 3.85. The maximum Gasteiger partial charge on any atom is 0.295 e. The van der Waals surface area contributed by atoms with E-state index in [1.54, 1.807) is 29.2 Å². The first-order chi connectivity index (χ1) is 16.1. The summed E-state index contributed by atoms with van der Waals surface area (Å²) in [4.78, 5) is 34.4. The fourth-order valence-electron chi connectivity index (χ4n) is 4.90. The van der Waals surface area contributed by atoms with Crippen LogP contribution in [0, 0.1) is 11.3 Å². The molecular weight excluding hydrogens is 428 g/mol. The number of benzene rings is 1. The third-order valence-corrected chi connectivity index (χ3v) is 6.71. The van der Waals surface area contributed by atoms with Gasteiger partial charge in [0, 0.05) is 43.2 Å². The van der Waals surface area contributed by atoms with Crippen LogP contribution >= 0.6 is 0 Å². The van der Waals surface area contributed by atoms with Gasteiger partial charge in [0.15, 0.2) is 0 Å². The largest absolute Gasteiger partial charge is 0.370 e. The first-order valence-electron chi connectivity index (χ1n) is 11.9. The molecule has 1 atom stereocenters. The molecule has 0 saturated carbocycles. The molecule has 1 aromatic carbocycles. The molecule has 0 aliphatic carbocycles. The van der Waals surface area contributed by atoms with Gasteiger partial charge in [0.1, 0.15) is 11.9 Å². The van der Waals surface area contributed by atoms with Crippen molar-refractivity contribution in [2.45, 2.75) is 65.2 Å². The van der Waals surface area contributed by atoms with Crippen LogP contribution < -0.4 is 4.90 Å². The lowest BCUT2D eigenvalue weighted by molar-refractivity contribution is -0.128. The molecule has 0 spiro atoms. The fourth-order valence-corrected chi connectivity index (χ4v) is 4.90. The number of pyridine rings is 1. The number of piperazine rings is 1. The van der Waals surface area contributed by atoms with E-state index in [4.69, 9.17) is 9.72 Å². The zero-order valence-corrected chi connectivity index (χ0v) is 20.6. The third-order valence-electron chi connectivity index (χ3n) is 6.71. The molecule has 1 amide bonds. The molecule has 1 fully saturated rings. The number of Topliss-reactive ketones (excluding diaryl/α,β-unsaturated/α-hetero) is 1. The van der Waals surface area contributed by atoms with Gasteiger partial charge in [0.2, 0.25) is 5.78 Å². The van der Waals surface area contributed by atoms with Crippen LogP contribution in [0.4, 0.5) is 5.82 Å². The van der Waals surface area contributed by atoms with Gasteiger partial charge in [0.05, 0.1) is 23.5 Å². The minimum absolute atomic E-state index is 0.189. The van der Waals surface area contributed by atoms with E-state index >= 15 is 0 Å². The van der Waals surface area contributed by atoms with E-state index in [9.17, 15) is 14.9 Å². The highest BCUT2D eigenvalue weighted by atomic mass is 16.5. The van der Waals surface area contributed by atoms with Crippen LogP contribution in [0.1, 0.15) is 73.3 Å². The number of ketones is 1. The second-order valence-corrected chi connectivity index (χ2v) is 10.1. The zero-order chi connectivity index (χ0) is 24.6. The van der Waals surface area contributed by atoms with E-state index in [1.807, 2.05) is 26.8 Å². The van der Waals surface area contributed by atoms with Crippen molar-refractivity contribution in [1.82, 2.24) is 9.88 Å². The van der Waals surface area contributed by atoms with Gasteiger partial charge < -0.3 is 14.5 Å². The molecule has 2 aliphatic rings. The first-order valence-corrected chi connectivity index (χ1v) is 11.9. The molecule has 2 aliphatic heterocycles. The molecule has 1 saturated heterocycles. The Kier molecular flexibility index (Phi) is 6.46. The molecule has 7 nitrogen and oxygen atoms in total. The van der Waals surface area contributed by atoms with Crippen molar-refractivity contribution in [3.63, 3.8) is 0 Å². The predicted molar refractivity (Wildman–Crippen MR) is 130 cm³/mol. The Morgan fingerprint density at radius 1 is 1.18 bits per heavy atom. The van der Waals surface area contributed by atoms with Gasteiger partial charge in [-0.2, -0.15) is 5.26 Å². The highest BCUT2D eigenvalue weighted by Crippen LogP contribution is 2.38. The number of fused-ring (bicyclic) bond motifs is 1. The maximum atomic E-state index is 13.0. The summed E-state index contributed by atoms with van der Waals surface area (Å²) in [5.41, 5.74) is 3.68. The lowest BCUT2D eigenvalue weighted by Crippen LogP contribution is -2.56. The lowest BCUT2D eigenvalue weighted by atomic mass is 9.86. The van der Waals surface area contributed by atoms with Gasteiger partial charge in [-0.3, -0.25) is 9.59 Å². The number of anilines is 1. The van der Waals surface area contributed by atoms with Crippen molar-refractivity contribution < 1.29 is 14.3 Å². The zero-order valence-electron chi connectivity index (χ0n) is 20.6. The topological polar surface area (TPSA) is 86.5 Å². The Morgan fingerprint density at radius 3 is 2.50 bits per heavy atom. The number of carbonyl (C=O) groups is 2. The van der Waals surface area contributed by atoms with Gasteiger partial charge >= 0.3 is 0 Å². The van der Waals surface area contributed by atoms with E-state index < -0.39 is 11.7 Å². The molecule has 2 aromatic rings. The molecule has 1 unspecified atom stereocenters. The van der Waals surface area contributed by atoms with Crippen molar-refractivity contribution in [3.8, 4) is 6.07 Å². The molecule has 1 aromatic heterocycles. The second-order valence-electron chi connectivity index (χ2n) is 10.1. The Labute approximate surface area is 201 Å². The van der Waals surface area contributed by atoms with E-state index in [-0.39, 0.29) is 17.6 Å². The summed E-state index contributed by atoms with van der Waals surface area (Å²) in [6.45, 7) is 12.1. The number of carbonyl (C=O) groups excluding carboxylic acids is 2. The van der Waals surface area contributed by atoms with Crippen LogP contribution in [0.25, 0.3) is 0 Å². The Balaban J connectivity index is 1.63. The number of nitrogens with zero attached hydrogens (tertiary/aromatic N) is 4. The van der Waals surface area contributed by atoms with Crippen LogP contribution in [0.15, 0.2) is 30.3 Å². The average molecular weight is 461 g/mol. The average Bonchev–Trinajstić information content (AvgIpc) is 2.81. The molecule has 0 radical (unpaired) electrons. The highest BCUT2D eigenvalue weighted by molar-refractivity contribution is 6.42. The van der Waals surface area contributed by atoms with Crippen molar-refractivity contribution in [2.75, 3.05) is 24.5 Å². The van der Waals surface area contributed by atoms with Gasteiger partial charge in [-0.25, -0.2) is 4.98 Å². The lowest BCUT2D eigenvalue weighted by Gasteiger charge is -2.41. The molecular formula is C27H32N4O3. The number of rotatable bonds is 4. The minimum Gasteiger partial charge on any atom is -0.370 e. The number of amides is 1. The minimum atomic E-state index is -0.491. The summed E-state index contributed by atoms with van der Waals surface area (Å²) >= 11 is 0. The molecule has 3 heterocycles. The number of nitriles is 1. The van der Waals surface area contributed by atoms with Gasteiger partial charge in [0.25, 0.3) is 5.91 Å². The highest BCUT2D eigenvalue weighted by Gasteiger charge is 2.36. The third kappa shape index (κ3) is 4.43.